The van der Waals surface area contributed by atoms with Gasteiger partial charge in [-0.1, -0.05) is 27.7 Å². The predicted octanol–water partition coefficient (Wildman–Crippen LogP) is 3.49. The summed E-state index contributed by atoms with van der Waals surface area (Å²) in [5.74, 6) is 0.748. The molecular formula is C18H30N2O4S. The maximum absolute atomic E-state index is 12.7. The molecule has 0 fully saturated rings. The highest BCUT2D eigenvalue weighted by atomic mass is 32.2. The van der Waals surface area contributed by atoms with Gasteiger partial charge in [-0.05, 0) is 37.5 Å². The molecule has 0 heterocycles. The lowest BCUT2D eigenvalue weighted by Crippen LogP contribution is -2.30. The largest absolute Gasteiger partial charge is 0.492 e. The molecule has 1 N–H and O–H groups in total. The van der Waals surface area contributed by atoms with Crippen molar-refractivity contribution < 1.29 is 17.9 Å². The van der Waals surface area contributed by atoms with Crippen LogP contribution in [0.3, 0.4) is 0 Å². The van der Waals surface area contributed by atoms with Crippen LogP contribution in [0.15, 0.2) is 23.1 Å². The van der Waals surface area contributed by atoms with Crippen LogP contribution in [0.1, 0.15) is 47.5 Å². The maximum Gasteiger partial charge on any atom is 0.243 e. The van der Waals surface area contributed by atoms with Gasteiger partial charge in [-0.3, -0.25) is 4.79 Å². The van der Waals surface area contributed by atoms with Crippen LogP contribution in [-0.2, 0) is 14.8 Å². The molecule has 0 aromatic heterocycles. The molecule has 0 aliphatic rings. The average molecular weight is 371 g/mol. The number of nitrogens with zero attached hydrogens (tertiary/aromatic N) is 1. The van der Waals surface area contributed by atoms with Crippen molar-refractivity contribution in [3.63, 3.8) is 0 Å². The number of carbonyl (C=O) groups is 1. The Hall–Kier alpha value is -1.60. The van der Waals surface area contributed by atoms with Gasteiger partial charge in [0, 0.05) is 19.5 Å². The van der Waals surface area contributed by atoms with Crippen molar-refractivity contribution in [3.05, 3.63) is 18.2 Å². The Morgan fingerprint density at radius 3 is 2.36 bits per heavy atom. The first-order valence-electron chi connectivity index (χ1n) is 8.83. The minimum Gasteiger partial charge on any atom is -0.492 e. The van der Waals surface area contributed by atoms with E-state index < -0.39 is 10.0 Å². The molecule has 0 aliphatic heterocycles. The number of hydrogen-bond donors (Lipinski definition) is 1. The predicted molar refractivity (Wildman–Crippen MR) is 100 cm³/mol. The Kier molecular flexibility index (Phi) is 8.38. The Labute approximate surface area is 151 Å². The fourth-order valence-corrected chi connectivity index (χ4v) is 3.88. The Morgan fingerprint density at radius 1 is 1.20 bits per heavy atom. The van der Waals surface area contributed by atoms with Crippen molar-refractivity contribution in [1.29, 1.82) is 0 Å². The van der Waals surface area contributed by atoms with Crippen LogP contribution >= 0.6 is 0 Å². The number of anilines is 1. The van der Waals surface area contributed by atoms with Crippen molar-refractivity contribution in [1.82, 2.24) is 4.31 Å². The van der Waals surface area contributed by atoms with Crippen LogP contribution in [0, 0.1) is 5.92 Å². The van der Waals surface area contributed by atoms with E-state index in [4.69, 9.17) is 4.74 Å². The molecule has 1 amide bonds. The topological polar surface area (TPSA) is 75.7 Å². The molecule has 25 heavy (non-hydrogen) atoms. The monoisotopic (exact) mass is 370 g/mol. The van der Waals surface area contributed by atoms with E-state index >= 15 is 0 Å². The van der Waals surface area contributed by atoms with E-state index in [0.717, 1.165) is 6.42 Å². The summed E-state index contributed by atoms with van der Waals surface area (Å²) >= 11 is 0. The van der Waals surface area contributed by atoms with Gasteiger partial charge in [-0.25, -0.2) is 8.42 Å². The lowest BCUT2D eigenvalue weighted by atomic mass is 10.1. The number of carbonyl (C=O) groups excluding carboxylic acids is 1. The van der Waals surface area contributed by atoms with E-state index in [1.165, 1.54) is 16.4 Å². The van der Waals surface area contributed by atoms with E-state index in [0.29, 0.717) is 43.5 Å². The second-order valence-electron chi connectivity index (χ2n) is 6.16. The molecule has 0 saturated heterocycles. The van der Waals surface area contributed by atoms with Crippen LogP contribution in [0.5, 0.6) is 5.75 Å². The molecule has 0 spiro atoms. The molecule has 0 aliphatic carbocycles. The van der Waals surface area contributed by atoms with E-state index in [1.807, 2.05) is 6.92 Å². The van der Waals surface area contributed by atoms with Crippen molar-refractivity contribution in [3.8, 4) is 5.75 Å². The molecule has 1 aromatic carbocycles. The first-order valence-corrected chi connectivity index (χ1v) is 10.3. The van der Waals surface area contributed by atoms with Crippen LogP contribution in [0.2, 0.25) is 0 Å². The van der Waals surface area contributed by atoms with Crippen LogP contribution in [0.4, 0.5) is 5.69 Å². The number of hydrogen-bond acceptors (Lipinski definition) is 4. The van der Waals surface area contributed by atoms with Gasteiger partial charge in [-0.2, -0.15) is 4.31 Å². The van der Waals surface area contributed by atoms with Gasteiger partial charge in [0.1, 0.15) is 5.75 Å². The van der Waals surface area contributed by atoms with Crippen molar-refractivity contribution in [2.45, 2.75) is 52.4 Å². The van der Waals surface area contributed by atoms with Crippen LogP contribution in [0.25, 0.3) is 0 Å². The third-order valence-corrected chi connectivity index (χ3v) is 5.86. The quantitative estimate of drug-likeness (QED) is 0.684. The first kappa shape index (κ1) is 21.4. The van der Waals surface area contributed by atoms with Crippen molar-refractivity contribution >= 4 is 21.6 Å². The van der Waals surface area contributed by atoms with Crippen molar-refractivity contribution in [2.75, 3.05) is 25.0 Å². The molecule has 142 valence electrons. The maximum atomic E-state index is 12.7. The van der Waals surface area contributed by atoms with Crippen LogP contribution in [-0.4, -0.2) is 38.3 Å². The molecule has 0 bridgehead atoms. The SMILES string of the molecule is CCOc1ccc(S(=O)(=O)N(CC)CC)cc1NC(=O)CCC(C)C. The van der Waals surface area contributed by atoms with E-state index in [-0.39, 0.29) is 10.8 Å². The Balaban J connectivity index is 3.15. The number of sulfonamides is 1. The number of nitrogens with one attached hydrogen (secondary N) is 1. The van der Waals surface area contributed by atoms with Gasteiger partial charge >= 0.3 is 0 Å². The summed E-state index contributed by atoms with van der Waals surface area (Å²) in [6.45, 7) is 10.7. The number of amides is 1. The third-order valence-electron chi connectivity index (χ3n) is 3.82. The summed E-state index contributed by atoms with van der Waals surface area (Å²) in [7, 11) is -3.59. The fourth-order valence-electron chi connectivity index (χ4n) is 2.39. The minimum absolute atomic E-state index is 0.146. The summed E-state index contributed by atoms with van der Waals surface area (Å²) in [5.41, 5.74) is 0.392. The summed E-state index contributed by atoms with van der Waals surface area (Å²) < 4.78 is 32.3. The van der Waals surface area contributed by atoms with Gasteiger partial charge in [0.2, 0.25) is 15.9 Å². The van der Waals surface area contributed by atoms with E-state index in [9.17, 15) is 13.2 Å². The molecule has 6 nitrogen and oxygen atoms in total. The zero-order valence-electron chi connectivity index (χ0n) is 15.8. The summed E-state index contributed by atoms with van der Waals surface area (Å²) in [5, 5.41) is 2.79. The molecule has 0 saturated carbocycles. The lowest BCUT2D eigenvalue weighted by molar-refractivity contribution is -0.116. The smallest absolute Gasteiger partial charge is 0.243 e. The molecule has 0 radical (unpaired) electrons. The third kappa shape index (κ3) is 6.01. The molecule has 0 unspecified atom stereocenters. The molecule has 1 aromatic rings. The zero-order chi connectivity index (χ0) is 19.0. The summed E-state index contributed by atoms with van der Waals surface area (Å²) in [4.78, 5) is 12.3. The molecule has 0 atom stereocenters. The highest BCUT2D eigenvalue weighted by Gasteiger charge is 2.23. The molecular weight excluding hydrogens is 340 g/mol. The average Bonchev–Trinajstić information content (AvgIpc) is 2.55. The summed E-state index contributed by atoms with van der Waals surface area (Å²) in [6, 6.07) is 4.59. The Morgan fingerprint density at radius 2 is 1.84 bits per heavy atom. The normalized spacial score (nSPS) is 11.8. The Bertz CT molecular complexity index is 668. The van der Waals surface area contributed by atoms with E-state index in [1.54, 1.807) is 19.9 Å². The highest BCUT2D eigenvalue weighted by molar-refractivity contribution is 7.89. The van der Waals surface area contributed by atoms with Gasteiger partial charge in [0.25, 0.3) is 0 Å². The fraction of sp³-hybridized carbons (Fsp3) is 0.611. The van der Waals surface area contributed by atoms with Crippen molar-refractivity contribution in [2.24, 2.45) is 5.92 Å². The standard InChI is InChI=1S/C18H30N2O4S/c1-6-20(7-2)25(22,23)15-10-11-17(24-8-3)16(13-15)19-18(21)12-9-14(4)5/h10-11,13-14H,6-9,12H2,1-5H3,(H,19,21). The molecule has 7 heteroatoms. The molecule has 1 rings (SSSR count). The van der Waals surface area contributed by atoms with Gasteiger partial charge in [-0.15, -0.1) is 0 Å². The van der Waals surface area contributed by atoms with Gasteiger partial charge in [0.05, 0.1) is 17.2 Å². The second kappa shape index (κ2) is 9.77. The highest BCUT2D eigenvalue weighted by Crippen LogP contribution is 2.29. The number of rotatable bonds is 10. The first-order chi connectivity index (χ1) is 11.8. The van der Waals surface area contributed by atoms with E-state index in [2.05, 4.69) is 19.2 Å². The van der Waals surface area contributed by atoms with Gasteiger partial charge < -0.3 is 10.1 Å². The lowest BCUT2D eigenvalue weighted by Gasteiger charge is -2.20. The minimum atomic E-state index is -3.59. The summed E-state index contributed by atoms with van der Waals surface area (Å²) in [6.07, 6.45) is 1.16. The number of benzene rings is 1. The second-order valence-corrected chi connectivity index (χ2v) is 8.10. The van der Waals surface area contributed by atoms with Gasteiger partial charge in [0.15, 0.2) is 0 Å². The zero-order valence-corrected chi connectivity index (χ0v) is 16.6. The number of ether oxygens (including phenoxy) is 1. The van der Waals surface area contributed by atoms with Crippen LogP contribution < -0.4 is 10.1 Å².